The fourth-order valence-corrected chi connectivity index (χ4v) is 2.36. The highest BCUT2D eigenvalue weighted by Crippen LogP contribution is 2.24. The fourth-order valence-electron chi connectivity index (χ4n) is 2.36. The van der Waals surface area contributed by atoms with Crippen LogP contribution in [-0.4, -0.2) is 16.6 Å². The molecule has 0 radical (unpaired) electrons. The van der Waals surface area contributed by atoms with Crippen LogP contribution in [0.2, 0.25) is 0 Å². The highest BCUT2D eigenvalue weighted by atomic mass is 16.6. The van der Waals surface area contributed by atoms with E-state index in [0.29, 0.717) is 6.42 Å². The Kier molecular flexibility index (Phi) is 5.31. The first-order valence-electron chi connectivity index (χ1n) is 7.66. The Morgan fingerprint density at radius 3 is 2.59 bits per heavy atom. The number of esters is 1. The van der Waals surface area contributed by atoms with Crippen molar-refractivity contribution in [1.29, 1.82) is 0 Å². The fraction of sp³-hybridized carbons (Fsp3) is 0.368. The van der Waals surface area contributed by atoms with Gasteiger partial charge in [-0.1, -0.05) is 30.3 Å². The molecule has 0 spiro atoms. The molecule has 0 N–H and O–H groups in total. The molecule has 0 bridgehead atoms. The first-order chi connectivity index (χ1) is 10.5. The molecule has 0 amide bonds. The summed E-state index contributed by atoms with van der Waals surface area (Å²) < 4.78 is 5.34. The van der Waals surface area contributed by atoms with E-state index in [2.05, 4.69) is 23.2 Å². The summed E-state index contributed by atoms with van der Waals surface area (Å²) in [4.78, 5) is 15.9. The molecule has 1 heterocycles. The smallest absolute Gasteiger partial charge is 0.306 e. The number of nitrogens with zero attached hydrogens (tertiary/aromatic N) is 1. The van der Waals surface area contributed by atoms with Gasteiger partial charge in [0.2, 0.25) is 0 Å². The first-order valence-corrected chi connectivity index (χ1v) is 7.66. The van der Waals surface area contributed by atoms with E-state index in [0.717, 1.165) is 18.4 Å². The van der Waals surface area contributed by atoms with Crippen molar-refractivity contribution in [3.05, 3.63) is 54.4 Å². The van der Waals surface area contributed by atoms with Gasteiger partial charge in [-0.3, -0.25) is 9.78 Å². The summed E-state index contributed by atoms with van der Waals surface area (Å²) in [6, 6.07) is 12.3. The molecule has 3 nitrogen and oxygen atoms in total. The molecule has 0 saturated heterocycles. The van der Waals surface area contributed by atoms with Gasteiger partial charge >= 0.3 is 5.97 Å². The van der Waals surface area contributed by atoms with E-state index in [4.69, 9.17) is 4.74 Å². The molecule has 22 heavy (non-hydrogen) atoms. The minimum absolute atomic E-state index is 0.133. The summed E-state index contributed by atoms with van der Waals surface area (Å²) in [6.45, 7) is 5.67. The maximum atomic E-state index is 11.8. The average Bonchev–Trinajstić information content (AvgIpc) is 2.47. The number of aryl methyl sites for hydroxylation is 1. The first kappa shape index (κ1) is 16.2. The van der Waals surface area contributed by atoms with Gasteiger partial charge in [0.05, 0.1) is 0 Å². The van der Waals surface area contributed by atoms with Crippen molar-refractivity contribution < 1.29 is 9.53 Å². The van der Waals surface area contributed by atoms with E-state index in [-0.39, 0.29) is 5.97 Å². The number of pyridine rings is 1. The molecule has 0 fully saturated rings. The number of benzene rings is 1. The van der Waals surface area contributed by atoms with E-state index >= 15 is 0 Å². The van der Waals surface area contributed by atoms with Gasteiger partial charge in [-0.2, -0.15) is 0 Å². The van der Waals surface area contributed by atoms with Crippen LogP contribution in [0.4, 0.5) is 0 Å². The Morgan fingerprint density at radius 1 is 1.14 bits per heavy atom. The molecule has 0 aliphatic rings. The van der Waals surface area contributed by atoms with E-state index in [9.17, 15) is 4.79 Å². The Labute approximate surface area is 132 Å². The Bertz CT molecular complexity index is 615. The Balaban J connectivity index is 1.98. The maximum absolute atomic E-state index is 11.8. The zero-order chi connectivity index (χ0) is 16.0. The number of ether oxygens (including phenoxy) is 1. The maximum Gasteiger partial charge on any atom is 0.306 e. The van der Waals surface area contributed by atoms with Gasteiger partial charge < -0.3 is 4.74 Å². The van der Waals surface area contributed by atoms with Crippen LogP contribution in [0.25, 0.3) is 11.1 Å². The molecule has 0 saturated carbocycles. The number of carbonyl (C=O) groups is 1. The number of carbonyl (C=O) groups excluding carboxylic acids is 1. The van der Waals surface area contributed by atoms with Gasteiger partial charge in [-0.05, 0) is 50.8 Å². The van der Waals surface area contributed by atoms with Crippen molar-refractivity contribution in [2.45, 2.75) is 45.6 Å². The zero-order valence-corrected chi connectivity index (χ0v) is 13.5. The van der Waals surface area contributed by atoms with Gasteiger partial charge in [-0.15, -0.1) is 0 Å². The normalized spacial score (nSPS) is 11.2. The van der Waals surface area contributed by atoms with E-state index in [1.807, 2.05) is 45.2 Å². The minimum Gasteiger partial charge on any atom is -0.460 e. The second-order valence-electron chi connectivity index (χ2n) is 6.34. The topological polar surface area (TPSA) is 39.2 Å². The van der Waals surface area contributed by atoms with Crippen LogP contribution in [0.3, 0.4) is 0 Å². The lowest BCUT2D eigenvalue weighted by molar-refractivity contribution is -0.154. The van der Waals surface area contributed by atoms with E-state index < -0.39 is 5.60 Å². The number of hydrogen-bond acceptors (Lipinski definition) is 3. The van der Waals surface area contributed by atoms with Gasteiger partial charge in [0.1, 0.15) is 5.60 Å². The van der Waals surface area contributed by atoms with E-state index in [1.165, 1.54) is 11.1 Å². The van der Waals surface area contributed by atoms with Crippen LogP contribution in [-0.2, 0) is 16.0 Å². The molecular weight excluding hydrogens is 274 g/mol. The molecule has 0 atom stereocenters. The molecule has 1 aromatic carbocycles. The van der Waals surface area contributed by atoms with Gasteiger partial charge in [0.25, 0.3) is 0 Å². The standard InChI is InChI=1S/C19H23NO2/c1-19(2,3)22-18(21)12-6-9-15-8-4-5-11-17(15)16-10-7-13-20-14-16/h4-5,7-8,10-11,13-14H,6,9,12H2,1-3H3. The van der Waals surface area contributed by atoms with Crippen molar-refractivity contribution in [3.8, 4) is 11.1 Å². The number of hydrogen-bond donors (Lipinski definition) is 0. The lowest BCUT2D eigenvalue weighted by Crippen LogP contribution is -2.23. The van der Waals surface area contributed by atoms with Crippen LogP contribution in [0, 0.1) is 0 Å². The summed E-state index contributed by atoms with van der Waals surface area (Å²) in [5.74, 6) is -0.133. The van der Waals surface area contributed by atoms with Gasteiger partial charge in [-0.25, -0.2) is 0 Å². The van der Waals surface area contributed by atoms with Crippen LogP contribution in [0.1, 0.15) is 39.2 Å². The van der Waals surface area contributed by atoms with Crippen LogP contribution >= 0.6 is 0 Å². The summed E-state index contributed by atoms with van der Waals surface area (Å²) >= 11 is 0. The molecule has 116 valence electrons. The molecule has 0 aliphatic heterocycles. The second kappa shape index (κ2) is 7.21. The van der Waals surface area contributed by atoms with Crippen LogP contribution in [0.15, 0.2) is 48.8 Å². The second-order valence-corrected chi connectivity index (χ2v) is 6.34. The Morgan fingerprint density at radius 2 is 1.91 bits per heavy atom. The van der Waals surface area contributed by atoms with Crippen molar-refractivity contribution in [1.82, 2.24) is 4.98 Å². The van der Waals surface area contributed by atoms with Gasteiger partial charge in [0, 0.05) is 24.4 Å². The van der Waals surface area contributed by atoms with Crippen LogP contribution in [0.5, 0.6) is 0 Å². The van der Waals surface area contributed by atoms with Crippen molar-refractivity contribution in [3.63, 3.8) is 0 Å². The molecule has 0 unspecified atom stereocenters. The summed E-state index contributed by atoms with van der Waals surface area (Å²) in [6.07, 6.45) is 5.72. The summed E-state index contributed by atoms with van der Waals surface area (Å²) in [5, 5.41) is 0. The third kappa shape index (κ3) is 4.99. The molecule has 1 aromatic heterocycles. The summed E-state index contributed by atoms with van der Waals surface area (Å²) in [7, 11) is 0. The third-order valence-corrected chi connectivity index (χ3v) is 3.24. The predicted octanol–water partition coefficient (Wildman–Crippen LogP) is 4.41. The molecule has 2 rings (SSSR count). The monoisotopic (exact) mass is 297 g/mol. The number of aromatic nitrogens is 1. The van der Waals surface area contributed by atoms with Crippen molar-refractivity contribution in [2.75, 3.05) is 0 Å². The third-order valence-electron chi connectivity index (χ3n) is 3.24. The minimum atomic E-state index is -0.412. The largest absolute Gasteiger partial charge is 0.460 e. The molecular formula is C19H23NO2. The number of rotatable bonds is 5. The highest BCUT2D eigenvalue weighted by Gasteiger charge is 2.16. The SMILES string of the molecule is CC(C)(C)OC(=O)CCCc1ccccc1-c1cccnc1. The Hall–Kier alpha value is -2.16. The highest BCUT2D eigenvalue weighted by molar-refractivity contribution is 5.70. The average molecular weight is 297 g/mol. The van der Waals surface area contributed by atoms with Crippen molar-refractivity contribution >= 4 is 5.97 Å². The zero-order valence-electron chi connectivity index (χ0n) is 13.5. The van der Waals surface area contributed by atoms with Gasteiger partial charge in [0.15, 0.2) is 0 Å². The lowest BCUT2D eigenvalue weighted by atomic mass is 9.97. The predicted molar refractivity (Wildman–Crippen MR) is 88.5 cm³/mol. The lowest BCUT2D eigenvalue weighted by Gasteiger charge is -2.19. The quantitative estimate of drug-likeness (QED) is 0.767. The molecule has 2 aromatic rings. The summed E-state index contributed by atoms with van der Waals surface area (Å²) in [5.41, 5.74) is 3.11. The molecule has 3 heteroatoms. The van der Waals surface area contributed by atoms with Crippen molar-refractivity contribution in [2.24, 2.45) is 0 Å². The molecule has 0 aliphatic carbocycles. The van der Waals surface area contributed by atoms with Crippen LogP contribution < -0.4 is 0 Å². The van der Waals surface area contributed by atoms with E-state index in [1.54, 1.807) is 6.20 Å².